The molecule has 2 aromatic rings. The number of carboxylic acids is 1. The lowest BCUT2D eigenvalue weighted by Gasteiger charge is -2.13. The zero-order valence-corrected chi connectivity index (χ0v) is 19.4. The van der Waals surface area contributed by atoms with Gasteiger partial charge in [0.2, 0.25) is 0 Å². The molecule has 0 radical (unpaired) electrons. The van der Waals surface area contributed by atoms with Gasteiger partial charge in [0.25, 0.3) is 5.91 Å². The Morgan fingerprint density at radius 1 is 1.13 bits per heavy atom. The van der Waals surface area contributed by atoms with E-state index in [2.05, 4.69) is 0 Å². The van der Waals surface area contributed by atoms with Gasteiger partial charge in [-0.05, 0) is 37.1 Å². The fourth-order valence-corrected chi connectivity index (χ4v) is 4.76. The van der Waals surface area contributed by atoms with Gasteiger partial charge in [-0.25, -0.2) is 0 Å². The number of furan rings is 1. The summed E-state index contributed by atoms with van der Waals surface area (Å²) in [6.07, 6.45) is 3.75. The first-order chi connectivity index (χ1) is 14.3. The van der Waals surface area contributed by atoms with E-state index in [9.17, 15) is 9.59 Å². The normalized spacial score (nSPS) is 15.4. The van der Waals surface area contributed by atoms with Crippen LogP contribution in [0.2, 0.25) is 15.1 Å². The second-order valence-electron chi connectivity index (χ2n) is 6.49. The molecular formula is C20H16Cl3NO4S2. The number of carbonyl (C=O) groups excluding carboxylic acids is 1. The molecule has 10 heteroatoms. The summed E-state index contributed by atoms with van der Waals surface area (Å²) < 4.78 is 6.29. The largest absolute Gasteiger partial charge is 0.481 e. The van der Waals surface area contributed by atoms with Crippen LogP contribution in [0.4, 0.5) is 0 Å². The van der Waals surface area contributed by atoms with E-state index in [0.29, 0.717) is 67.2 Å². The fourth-order valence-electron chi connectivity index (χ4n) is 2.83. The van der Waals surface area contributed by atoms with Crippen molar-refractivity contribution >= 4 is 81.1 Å². The van der Waals surface area contributed by atoms with Crippen molar-refractivity contribution in [1.29, 1.82) is 0 Å². The van der Waals surface area contributed by atoms with Crippen LogP contribution in [0.5, 0.6) is 0 Å². The third-order valence-corrected chi connectivity index (χ3v) is 6.73. The summed E-state index contributed by atoms with van der Waals surface area (Å²) in [5.41, 5.74) is 0.597. The predicted octanol–water partition coefficient (Wildman–Crippen LogP) is 6.75. The highest BCUT2D eigenvalue weighted by molar-refractivity contribution is 8.26. The third kappa shape index (κ3) is 5.59. The van der Waals surface area contributed by atoms with E-state index in [-0.39, 0.29) is 12.3 Å². The minimum atomic E-state index is -0.816. The summed E-state index contributed by atoms with van der Waals surface area (Å²) in [6, 6.07) is 6.64. The molecular weight excluding hydrogens is 489 g/mol. The van der Waals surface area contributed by atoms with Crippen LogP contribution in [0.15, 0.2) is 33.6 Å². The number of amides is 1. The molecule has 30 heavy (non-hydrogen) atoms. The number of hydrogen-bond acceptors (Lipinski definition) is 5. The standard InChI is InChI=1S/C20H16Cl3NO4S2/c21-13-10-15(23)14(22)9-12(13)16-6-5-11(28-16)8-17-19(27)24(20(29)30-17)7-3-1-2-4-18(25)26/h5-6,8-10H,1-4,7H2,(H,25,26). The van der Waals surface area contributed by atoms with Gasteiger partial charge in [-0.15, -0.1) is 0 Å². The van der Waals surface area contributed by atoms with Crippen LogP contribution in [-0.2, 0) is 9.59 Å². The van der Waals surface area contributed by atoms with E-state index in [4.69, 9.17) is 56.5 Å². The Bertz CT molecular complexity index is 1040. The molecule has 3 rings (SSSR count). The summed E-state index contributed by atoms with van der Waals surface area (Å²) in [5, 5.41) is 9.79. The lowest BCUT2D eigenvalue weighted by Crippen LogP contribution is -2.29. The number of carbonyl (C=O) groups is 2. The molecule has 1 aromatic carbocycles. The number of thioether (sulfide) groups is 1. The molecule has 5 nitrogen and oxygen atoms in total. The van der Waals surface area contributed by atoms with Gasteiger partial charge in [-0.1, -0.05) is 65.2 Å². The maximum atomic E-state index is 12.7. The molecule has 1 N–H and O–H groups in total. The maximum Gasteiger partial charge on any atom is 0.303 e. The van der Waals surface area contributed by atoms with Gasteiger partial charge in [0.1, 0.15) is 15.8 Å². The number of hydrogen-bond donors (Lipinski definition) is 1. The van der Waals surface area contributed by atoms with E-state index in [1.54, 1.807) is 30.3 Å². The summed E-state index contributed by atoms with van der Waals surface area (Å²) in [6.45, 7) is 0.462. The van der Waals surface area contributed by atoms with Gasteiger partial charge in [0, 0.05) is 24.6 Å². The van der Waals surface area contributed by atoms with Crippen LogP contribution in [0.3, 0.4) is 0 Å². The minimum absolute atomic E-state index is 0.127. The number of carboxylic acid groups (broad SMARTS) is 1. The Balaban J connectivity index is 1.68. The van der Waals surface area contributed by atoms with Crippen LogP contribution in [-0.4, -0.2) is 32.7 Å². The number of aliphatic carboxylic acids is 1. The minimum Gasteiger partial charge on any atom is -0.481 e. The molecule has 0 atom stereocenters. The summed E-state index contributed by atoms with van der Waals surface area (Å²) in [4.78, 5) is 25.2. The van der Waals surface area contributed by atoms with Crippen LogP contribution >= 0.6 is 58.8 Å². The van der Waals surface area contributed by atoms with Crippen molar-refractivity contribution < 1.29 is 19.1 Å². The monoisotopic (exact) mass is 503 g/mol. The van der Waals surface area contributed by atoms with E-state index < -0.39 is 5.97 Å². The molecule has 2 heterocycles. The van der Waals surface area contributed by atoms with E-state index >= 15 is 0 Å². The first-order valence-corrected chi connectivity index (χ1v) is 11.3. The van der Waals surface area contributed by atoms with Crippen molar-refractivity contribution in [2.75, 3.05) is 6.54 Å². The molecule has 0 aliphatic carbocycles. The molecule has 1 aliphatic rings. The van der Waals surface area contributed by atoms with Crippen LogP contribution < -0.4 is 0 Å². The quantitative estimate of drug-likeness (QED) is 0.185. The summed E-state index contributed by atoms with van der Waals surface area (Å²) >= 11 is 24.8. The highest BCUT2D eigenvalue weighted by Gasteiger charge is 2.31. The van der Waals surface area contributed by atoms with Crippen molar-refractivity contribution in [2.24, 2.45) is 0 Å². The molecule has 158 valence electrons. The van der Waals surface area contributed by atoms with Crippen LogP contribution in [0.1, 0.15) is 31.4 Å². The van der Waals surface area contributed by atoms with Gasteiger partial charge < -0.3 is 9.52 Å². The Labute approximate surface area is 198 Å². The van der Waals surface area contributed by atoms with Crippen molar-refractivity contribution in [2.45, 2.75) is 25.7 Å². The van der Waals surface area contributed by atoms with E-state index in [0.717, 1.165) is 0 Å². The Morgan fingerprint density at radius 3 is 2.60 bits per heavy atom. The van der Waals surface area contributed by atoms with Gasteiger partial charge in [0.15, 0.2) is 0 Å². The topological polar surface area (TPSA) is 70.8 Å². The van der Waals surface area contributed by atoms with Gasteiger partial charge in [-0.2, -0.15) is 0 Å². The summed E-state index contributed by atoms with van der Waals surface area (Å²) in [5.74, 6) is -0.0231. The molecule has 0 spiro atoms. The van der Waals surface area contributed by atoms with Crippen molar-refractivity contribution in [3.8, 4) is 11.3 Å². The van der Waals surface area contributed by atoms with Crippen LogP contribution in [0, 0.1) is 0 Å². The van der Waals surface area contributed by atoms with Crippen molar-refractivity contribution in [3.63, 3.8) is 0 Å². The smallest absolute Gasteiger partial charge is 0.303 e. The van der Waals surface area contributed by atoms with E-state index in [1.165, 1.54) is 16.7 Å². The molecule has 0 saturated carbocycles. The number of nitrogens with zero attached hydrogens (tertiary/aromatic N) is 1. The first-order valence-electron chi connectivity index (χ1n) is 8.98. The molecule has 1 amide bonds. The predicted molar refractivity (Wildman–Crippen MR) is 125 cm³/mol. The molecule has 1 fully saturated rings. The fraction of sp³-hybridized carbons (Fsp3) is 0.250. The van der Waals surface area contributed by atoms with Crippen LogP contribution in [0.25, 0.3) is 17.4 Å². The zero-order valence-electron chi connectivity index (χ0n) is 15.5. The number of benzene rings is 1. The van der Waals surface area contributed by atoms with Gasteiger partial charge >= 0.3 is 5.97 Å². The maximum absolute atomic E-state index is 12.7. The number of rotatable bonds is 8. The molecule has 0 unspecified atom stereocenters. The average Bonchev–Trinajstić information content (AvgIpc) is 3.24. The first kappa shape index (κ1) is 23.2. The van der Waals surface area contributed by atoms with Gasteiger partial charge in [0.05, 0.1) is 20.0 Å². The van der Waals surface area contributed by atoms with Crippen molar-refractivity contribution in [3.05, 3.63) is 50.0 Å². The third-order valence-electron chi connectivity index (χ3n) is 4.32. The average molecular weight is 505 g/mol. The van der Waals surface area contributed by atoms with E-state index in [1.807, 2.05) is 0 Å². The second kappa shape index (κ2) is 10.2. The number of thiocarbonyl (C=S) groups is 1. The molecule has 1 aromatic heterocycles. The molecule has 1 aliphatic heterocycles. The zero-order chi connectivity index (χ0) is 21.8. The second-order valence-corrected chi connectivity index (χ2v) is 9.38. The van der Waals surface area contributed by atoms with Gasteiger partial charge in [-0.3, -0.25) is 14.5 Å². The Hall–Kier alpha value is -1.51. The summed E-state index contributed by atoms with van der Waals surface area (Å²) in [7, 11) is 0. The lowest BCUT2D eigenvalue weighted by molar-refractivity contribution is -0.137. The van der Waals surface area contributed by atoms with Crippen molar-refractivity contribution in [1.82, 2.24) is 4.90 Å². The Kier molecular flexibility index (Phi) is 7.87. The number of unbranched alkanes of at least 4 members (excludes halogenated alkanes) is 2. The number of halogens is 3. The SMILES string of the molecule is O=C(O)CCCCCN1C(=O)C(=Cc2ccc(-c3cc(Cl)c(Cl)cc3Cl)o2)SC1=S. The molecule has 1 saturated heterocycles. The highest BCUT2D eigenvalue weighted by Crippen LogP contribution is 2.37. The lowest BCUT2D eigenvalue weighted by atomic mass is 10.2. The molecule has 0 bridgehead atoms. The Morgan fingerprint density at radius 2 is 1.87 bits per heavy atom. The highest BCUT2D eigenvalue weighted by atomic mass is 35.5.